The minimum Gasteiger partial charge on any atom is -0.458 e. The van der Waals surface area contributed by atoms with Gasteiger partial charge in [-0.1, -0.05) is 6.07 Å². The molecule has 2 aromatic rings. The van der Waals surface area contributed by atoms with Crippen molar-refractivity contribution in [1.82, 2.24) is 14.9 Å². The third kappa shape index (κ3) is 3.88. The molecule has 1 aromatic heterocycles. The summed E-state index contributed by atoms with van der Waals surface area (Å²) in [6.07, 6.45) is 1.51. The maximum absolute atomic E-state index is 13.3. The lowest BCUT2D eigenvalue weighted by Crippen LogP contribution is -2.44. The lowest BCUT2D eigenvalue weighted by atomic mass is 10.1. The van der Waals surface area contributed by atoms with Crippen LogP contribution in [0.5, 0.6) is 6.01 Å². The number of halogens is 1. The van der Waals surface area contributed by atoms with E-state index in [1.807, 2.05) is 19.9 Å². The minimum absolute atomic E-state index is 0.155. The second-order valence-corrected chi connectivity index (χ2v) is 6.08. The molecule has 1 aliphatic heterocycles. The maximum Gasteiger partial charge on any atom is 0.317 e. The zero-order chi connectivity index (χ0) is 17.1. The van der Waals surface area contributed by atoms with Crippen molar-refractivity contribution in [2.45, 2.75) is 32.8 Å². The molecule has 1 amide bonds. The van der Waals surface area contributed by atoms with E-state index >= 15 is 0 Å². The molecule has 0 bridgehead atoms. The van der Waals surface area contributed by atoms with E-state index in [4.69, 9.17) is 4.74 Å². The van der Waals surface area contributed by atoms with Crippen LogP contribution in [0, 0.1) is 19.7 Å². The van der Waals surface area contributed by atoms with Crippen LogP contribution in [0.4, 0.5) is 4.39 Å². The summed E-state index contributed by atoms with van der Waals surface area (Å²) in [6.45, 7) is 4.87. The highest BCUT2D eigenvalue weighted by molar-refractivity contribution is 5.94. The fraction of sp³-hybridized carbons (Fsp3) is 0.389. The number of benzene rings is 1. The van der Waals surface area contributed by atoms with Gasteiger partial charge in [-0.3, -0.25) is 4.79 Å². The van der Waals surface area contributed by atoms with E-state index < -0.39 is 5.82 Å². The van der Waals surface area contributed by atoms with Crippen molar-refractivity contribution < 1.29 is 13.9 Å². The van der Waals surface area contributed by atoms with Crippen molar-refractivity contribution in [2.24, 2.45) is 0 Å². The summed E-state index contributed by atoms with van der Waals surface area (Å²) in [5.74, 6) is -0.585. The fourth-order valence-corrected chi connectivity index (χ4v) is 2.92. The number of amides is 1. The lowest BCUT2D eigenvalue weighted by Gasteiger charge is -2.32. The van der Waals surface area contributed by atoms with E-state index in [0.717, 1.165) is 24.2 Å². The molecule has 0 aliphatic carbocycles. The predicted octanol–water partition coefficient (Wildman–Crippen LogP) is 2.92. The Morgan fingerprint density at radius 2 is 2.00 bits per heavy atom. The molecule has 1 fully saturated rings. The standard InChI is InChI=1S/C18H20FN3O2/c1-12-9-13(2)21-18(20-12)24-16-7-4-8-22(11-16)17(23)14-5-3-6-15(19)10-14/h3,5-6,9-10,16H,4,7-8,11H2,1-2H3/t16-/m0/s1. The van der Waals surface area contributed by atoms with Gasteiger partial charge >= 0.3 is 6.01 Å². The Morgan fingerprint density at radius 3 is 2.71 bits per heavy atom. The Balaban J connectivity index is 1.69. The van der Waals surface area contributed by atoms with Crippen LogP contribution in [0.2, 0.25) is 0 Å². The van der Waals surface area contributed by atoms with Crippen molar-refractivity contribution in [3.63, 3.8) is 0 Å². The SMILES string of the molecule is Cc1cc(C)nc(O[C@H]2CCCN(C(=O)c3cccc(F)c3)C2)n1. The number of ether oxygens (including phenoxy) is 1. The van der Waals surface area contributed by atoms with Crippen LogP contribution in [0.15, 0.2) is 30.3 Å². The average Bonchev–Trinajstić information content (AvgIpc) is 2.53. The van der Waals surface area contributed by atoms with Gasteiger partial charge in [-0.05, 0) is 51.0 Å². The van der Waals surface area contributed by atoms with Crippen molar-refractivity contribution in [1.29, 1.82) is 0 Å². The first kappa shape index (κ1) is 16.4. The molecule has 6 heteroatoms. The van der Waals surface area contributed by atoms with E-state index in [9.17, 15) is 9.18 Å². The third-order valence-corrected chi connectivity index (χ3v) is 3.97. The van der Waals surface area contributed by atoms with Gasteiger partial charge in [0.15, 0.2) is 0 Å². The molecule has 1 atom stereocenters. The first-order valence-electron chi connectivity index (χ1n) is 8.05. The summed E-state index contributed by atoms with van der Waals surface area (Å²) in [7, 11) is 0. The Hall–Kier alpha value is -2.50. The topological polar surface area (TPSA) is 55.3 Å². The van der Waals surface area contributed by atoms with Gasteiger partial charge < -0.3 is 9.64 Å². The number of hydrogen-bond donors (Lipinski definition) is 0. The number of likely N-dealkylation sites (tertiary alicyclic amines) is 1. The maximum atomic E-state index is 13.3. The monoisotopic (exact) mass is 329 g/mol. The smallest absolute Gasteiger partial charge is 0.317 e. The molecule has 24 heavy (non-hydrogen) atoms. The second kappa shape index (κ2) is 6.95. The number of hydrogen-bond acceptors (Lipinski definition) is 4. The Bertz CT molecular complexity index is 731. The molecule has 0 radical (unpaired) electrons. The van der Waals surface area contributed by atoms with E-state index in [0.29, 0.717) is 24.7 Å². The Morgan fingerprint density at radius 1 is 1.25 bits per heavy atom. The highest BCUT2D eigenvalue weighted by atomic mass is 19.1. The summed E-state index contributed by atoms with van der Waals surface area (Å²) in [6, 6.07) is 7.99. The van der Waals surface area contributed by atoms with E-state index in [1.165, 1.54) is 12.1 Å². The van der Waals surface area contributed by atoms with Crippen LogP contribution in [0.3, 0.4) is 0 Å². The van der Waals surface area contributed by atoms with E-state index in [1.54, 1.807) is 17.0 Å². The van der Waals surface area contributed by atoms with Crippen molar-refractivity contribution in [3.05, 3.63) is 53.1 Å². The zero-order valence-electron chi connectivity index (χ0n) is 13.8. The molecule has 0 spiro atoms. The molecule has 1 aliphatic rings. The summed E-state index contributed by atoms with van der Waals surface area (Å²) >= 11 is 0. The molecule has 3 rings (SSSR count). The average molecular weight is 329 g/mol. The largest absolute Gasteiger partial charge is 0.458 e. The van der Waals surface area contributed by atoms with Crippen molar-refractivity contribution in [3.8, 4) is 6.01 Å². The molecular weight excluding hydrogens is 309 g/mol. The van der Waals surface area contributed by atoms with Gasteiger partial charge in [-0.15, -0.1) is 0 Å². The van der Waals surface area contributed by atoms with Crippen LogP contribution in [-0.4, -0.2) is 40.0 Å². The highest BCUT2D eigenvalue weighted by Gasteiger charge is 2.26. The number of carbonyl (C=O) groups excluding carboxylic acids is 1. The van der Waals surface area contributed by atoms with Crippen LogP contribution in [-0.2, 0) is 0 Å². The number of piperidine rings is 1. The van der Waals surface area contributed by atoms with Gasteiger partial charge in [0.1, 0.15) is 11.9 Å². The number of rotatable bonds is 3. The molecule has 126 valence electrons. The number of aromatic nitrogens is 2. The normalized spacial score (nSPS) is 17.6. The van der Waals surface area contributed by atoms with Crippen LogP contribution in [0.25, 0.3) is 0 Å². The number of nitrogens with zero attached hydrogens (tertiary/aromatic N) is 3. The molecule has 0 unspecified atom stereocenters. The first-order chi connectivity index (χ1) is 11.5. The summed E-state index contributed by atoms with van der Waals surface area (Å²) in [5, 5.41) is 0. The Labute approximate surface area is 140 Å². The van der Waals surface area contributed by atoms with Gasteiger partial charge in [0, 0.05) is 23.5 Å². The molecule has 1 aromatic carbocycles. The fourth-order valence-electron chi connectivity index (χ4n) is 2.92. The molecule has 1 saturated heterocycles. The highest BCUT2D eigenvalue weighted by Crippen LogP contribution is 2.18. The van der Waals surface area contributed by atoms with Gasteiger partial charge in [0.25, 0.3) is 5.91 Å². The summed E-state index contributed by atoms with van der Waals surface area (Å²) < 4.78 is 19.2. The van der Waals surface area contributed by atoms with Crippen LogP contribution >= 0.6 is 0 Å². The van der Waals surface area contributed by atoms with E-state index in [2.05, 4.69) is 9.97 Å². The van der Waals surface area contributed by atoms with Crippen LogP contribution < -0.4 is 4.74 Å². The van der Waals surface area contributed by atoms with Gasteiger partial charge in [-0.2, -0.15) is 0 Å². The third-order valence-electron chi connectivity index (χ3n) is 3.97. The molecular formula is C18H20FN3O2. The number of aryl methyl sites for hydroxylation is 2. The number of carbonyl (C=O) groups is 1. The van der Waals surface area contributed by atoms with Crippen molar-refractivity contribution in [2.75, 3.05) is 13.1 Å². The van der Waals surface area contributed by atoms with Gasteiger partial charge in [-0.25, -0.2) is 14.4 Å². The molecule has 0 saturated carbocycles. The molecule has 2 heterocycles. The van der Waals surface area contributed by atoms with Gasteiger partial charge in [0.2, 0.25) is 0 Å². The molecule has 5 nitrogen and oxygen atoms in total. The lowest BCUT2D eigenvalue weighted by molar-refractivity contribution is 0.0514. The van der Waals surface area contributed by atoms with Gasteiger partial charge in [0.05, 0.1) is 6.54 Å². The quantitative estimate of drug-likeness (QED) is 0.869. The van der Waals surface area contributed by atoms with Crippen molar-refractivity contribution >= 4 is 5.91 Å². The minimum atomic E-state index is -0.408. The summed E-state index contributed by atoms with van der Waals surface area (Å²) in [4.78, 5) is 22.8. The summed E-state index contributed by atoms with van der Waals surface area (Å²) in [5.41, 5.74) is 2.06. The second-order valence-electron chi connectivity index (χ2n) is 6.08. The first-order valence-corrected chi connectivity index (χ1v) is 8.05. The predicted molar refractivity (Wildman–Crippen MR) is 87.5 cm³/mol. The molecule has 0 N–H and O–H groups in total. The zero-order valence-corrected chi connectivity index (χ0v) is 13.8. The Kier molecular flexibility index (Phi) is 4.74. The van der Waals surface area contributed by atoms with Crippen LogP contribution in [0.1, 0.15) is 34.6 Å². The van der Waals surface area contributed by atoms with E-state index in [-0.39, 0.29) is 12.0 Å².